The summed E-state index contributed by atoms with van der Waals surface area (Å²) in [7, 11) is 0. The predicted octanol–water partition coefficient (Wildman–Crippen LogP) is 4.59. The van der Waals surface area contributed by atoms with Crippen molar-refractivity contribution in [1.29, 1.82) is 0 Å². The van der Waals surface area contributed by atoms with Gasteiger partial charge in [-0.05, 0) is 59.9 Å². The fourth-order valence-corrected chi connectivity index (χ4v) is 4.34. The van der Waals surface area contributed by atoms with Crippen molar-refractivity contribution >= 4 is 11.8 Å². The van der Waals surface area contributed by atoms with Gasteiger partial charge in [-0.3, -0.25) is 0 Å². The van der Waals surface area contributed by atoms with E-state index in [1.165, 1.54) is 23.6 Å². The van der Waals surface area contributed by atoms with Crippen LogP contribution in [0.15, 0.2) is 48.0 Å². The van der Waals surface area contributed by atoms with E-state index >= 15 is 0 Å². The van der Waals surface area contributed by atoms with Gasteiger partial charge in [0.2, 0.25) is 0 Å². The van der Waals surface area contributed by atoms with E-state index < -0.39 is 5.97 Å². The molecule has 1 unspecified atom stereocenters. The molecule has 2 aliphatic rings. The molecule has 5 heteroatoms. The van der Waals surface area contributed by atoms with E-state index in [4.69, 9.17) is 14.8 Å². The van der Waals surface area contributed by atoms with Gasteiger partial charge in [0.25, 0.3) is 0 Å². The Morgan fingerprint density at radius 1 is 1.28 bits per heavy atom. The molecule has 2 aromatic rings. The number of aromatic nitrogens is 1. The second-order valence-electron chi connectivity index (χ2n) is 8.49. The zero-order chi connectivity index (χ0) is 20.4. The van der Waals surface area contributed by atoms with Gasteiger partial charge in [0.1, 0.15) is 11.6 Å². The Morgan fingerprint density at radius 3 is 2.79 bits per heavy atom. The van der Waals surface area contributed by atoms with Crippen molar-refractivity contribution < 1.29 is 14.6 Å². The fourth-order valence-electron chi connectivity index (χ4n) is 4.34. The van der Waals surface area contributed by atoms with Crippen LogP contribution in [0.4, 0.5) is 5.82 Å². The molecule has 0 radical (unpaired) electrons. The maximum absolute atomic E-state index is 11.0. The Kier molecular flexibility index (Phi) is 5.31. The lowest BCUT2D eigenvalue weighted by molar-refractivity contribution is -0.131. The normalized spacial score (nSPS) is 21.0. The molecule has 1 saturated carbocycles. The van der Waals surface area contributed by atoms with Crippen LogP contribution in [0.5, 0.6) is 5.75 Å². The number of nitrogens with zero attached hydrogens (tertiary/aromatic N) is 1. The van der Waals surface area contributed by atoms with E-state index in [0.717, 1.165) is 48.6 Å². The third kappa shape index (κ3) is 4.14. The van der Waals surface area contributed by atoms with E-state index in [9.17, 15) is 4.79 Å². The molecule has 1 aliphatic carbocycles. The summed E-state index contributed by atoms with van der Waals surface area (Å²) in [4.78, 5) is 15.7. The van der Waals surface area contributed by atoms with Gasteiger partial charge in [0.05, 0.1) is 6.61 Å². The number of hydrogen-bond acceptors (Lipinski definition) is 4. The maximum atomic E-state index is 11.0. The topological polar surface area (TPSA) is 71.5 Å². The molecule has 1 fully saturated rings. The first-order chi connectivity index (χ1) is 13.9. The number of carboxylic acid groups (broad SMARTS) is 1. The summed E-state index contributed by atoms with van der Waals surface area (Å²) in [6, 6.07) is 12.5. The van der Waals surface area contributed by atoms with Crippen LogP contribution in [-0.4, -0.2) is 29.2 Å². The standard InChI is InChI=1S/C24H28N2O3/c1-24(2)18(15-22(27)28)14-21(24)16-6-9-20(10-7-16)29-13-11-19-8-5-17-4-3-12-25-23(17)26-19/h5-10,15,21H,3-4,11-14H2,1-2H3,(H,25,26)(H,27,28)/b18-15+. The molecule has 1 aromatic heterocycles. The fraction of sp³-hybridized carbons (Fsp3) is 0.417. The maximum Gasteiger partial charge on any atom is 0.328 e. The first-order valence-corrected chi connectivity index (χ1v) is 10.3. The molecule has 5 nitrogen and oxygen atoms in total. The highest BCUT2D eigenvalue weighted by Gasteiger charge is 2.44. The van der Waals surface area contributed by atoms with Crippen molar-refractivity contribution in [1.82, 2.24) is 4.98 Å². The minimum absolute atomic E-state index is 0.118. The second-order valence-corrected chi connectivity index (χ2v) is 8.49. The number of allylic oxidation sites excluding steroid dienone is 1. The summed E-state index contributed by atoms with van der Waals surface area (Å²) < 4.78 is 5.92. The predicted molar refractivity (Wildman–Crippen MR) is 114 cm³/mol. The Morgan fingerprint density at radius 2 is 2.07 bits per heavy atom. The average Bonchev–Trinajstić information content (AvgIpc) is 2.71. The monoisotopic (exact) mass is 392 g/mol. The average molecular weight is 392 g/mol. The van der Waals surface area contributed by atoms with Crippen LogP contribution in [0, 0.1) is 5.41 Å². The number of benzene rings is 1. The summed E-state index contributed by atoms with van der Waals surface area (Å²) in [5.74, 6) is 1.36. The Hall–Kier alpha value is -2.82. The number of rotatable bonds is 6. The highest BCUT2D eigenvalue weighted by atomic mass is 16.5. The number of hydrogen-bond donors (Lipinski definition) is 2. The third-order valence-electron chi connectivity index (χ3n) is 6.28. The molecule has 2 N–H and O–H groups in total. The van der Waals surface area contributed by atoms with Crippen molar-refractivity contribution in [2.75, 3.05) is 18.5 Å². The third-order valence-corrected chi connectivity index (χ3v) is 6.28. The van der Waals surface area contributed by atoms with Crippen LogP contribution in [0.25, 0.3) is 0 Å². The lowest BCUT2D eigenvalue weighted by Gasteiger charge is -2.47. The smallest absolute Gasteiger partial charge is 0.328 e. The molecular formula is C24H28N2O3. The van der Waals surface area contributed by atoms with Crippen LogP contribution >= 0.6 is 0 Å². The molecule has 0 saturated heterocycles. The SMILES string of the molecule is CC1(C)/C(=C/C(=O)O)CC1c1ccc(OCCc2ccc3c(n2)NCCC3)cc1. The number of aryl methyl sites for hydroxylation is 1. The van der Waals surface area contributed by atoms with E-state index in [2.05, 4.69) is 43.4 Å². The lowest BCUT2D eigenvalue weighted by atomic mass is 9.56. The minimum atomic E-state index is -0.862. The van der Waals surface area contributed by atoms with Gasteiger partial charge >= 0.3 is 5.97 Å². The van der Waals surface area contributed by atoms with Crippen LogP contribution in [0.1, 0.15) is 49.4 Å². The van der Waals surface area contributed by atoms with Gasteiger partial charge < -0.3 is 15.2 Å². The van der Waals surface area contributed by atoms with E-state index in [-0.39, 0.29) is 5.41 Å². The molecule has 0 bridgehead atoms. The number of pyridine rings is 1. The molecular weight excluding hydrogens is 364 g/mol. The summed E-state index contributed by atoms with van der Waals surface area (Å²) in [5.41, 5.74) is 4.46. The zero-order valence-electron chi connectivity index (χ0n) is 17.1. The van der Waals surface area contributed by atoms with E-state index in [0.29, 0.717) is 12.5 Å². The van der Waals surface area contributed by atoms with Crippen LogP contribution in [-0.2, 0) is 17.6 Å². The number of carboxylic acids is 1. The minimum Gasteiger partial charge on any atom is -0.493 e. The van der Waals surface area contributed by atoms with Crippen LogP contribution in [0.2, 0.25) is 0 Å². The van der Waals surface area contributed by atoms with E-state index in [1.807, 2.05) is 12.1 Å². The van der Waals surface area contributed by atoms with Crippen LogP contribution < -0.4 is 10.1 Å². The van der Waals surface area contributed by atoms with Gasteiger partial charge in [-0.15, -0.1) is 0 Å². The van der Waals surface area contributed by atoms with Crippen LogP contribution in [0.3, 0.4) is 0 Å². The van der Waals surface area contributed by atoms with Gasteiger partial charge in [0, 0.05) is 24.7 Å². The molecule has 1 aromatic carbocycles. The first-order valence-electron chi connectivity index (χ1n) is 10.3. The Labute approximate surface area is 171 Å². The van der Waals surface area contributed by atoms with Crippen molar-refractivity contribution in [2.45, 2.75) is 45.4 Å². The number of ether oxygens (including phenoxy) is 1. The van der Waals surface area contributed by atoms with Crippen molar-refractivity contribution in [3.8, 4) is 5.75 Å². The van der Waals surface area contributed by atoms with Gasteiger partial charge in [-0.1, -0.05) is 37.6 Å². The number of anilines is 1. The number of nitrogens with one attached hydrogen (secondary N) is 1. The number of aliphatic carboxylic acids is 1. The summed E-state index contributed by atoms with van der Waals surface area (Å²) in [6.07, 6.45) is 5.21. The molecule has 29 heavy (non-hydrogen) atoms. The molecule has 0 spiro atoms. The molecule has 1 aliphatic heterocycles. The highest BCUT2D eigenvalue weighted by Crippen LogP contribution is 2.56. The number of carbonyl (C=O) groups is 1. The zero-order valence-corrected chi connectivity index (χ0v) is 17.1. The first kappa shape index (κ1) is 19.5. The molecule has 1 atom stereocenters. The molecule has 4 rings (SSSR count). The number of fused-ring (bicyclic) bond motifs is 1. The van der Waals surface area contributed by atoms with Gasteiger partial charge in [-0.2, -0.15) is 0 Å². The summed E-state index contributed by atoms with van der Waals surface area (Å²) >= 11 is 0. The largest absolute Gasteiger partial charge is 0.493 e. The summed E-state index contributed by atoms with van der Waals surface area (Å²) in [6.45, 7) is 5.81. The summed E-state index contributed by atoms with van der Waals surface area (Å²) in [5, 5.41) is 12.4. The second kappa shape index (κ2) is 7.90. The Balaban J connectivity index is 1.32. The molecule has 0 amide bonds. The lowest BCUT2D eigenvalue weighted by Crippen LogP contribution is -2.36. The van der Waals surface area contributed by atoms with Gasteiger partial charge in [-0.25, -0.2) is 9.78 Å². The van der Waals surface area contributed by atoms with Crippen molar-refractivity contribution in [2.24, 2.45) is 5.41 Å². The van der Waals surface area contributed by atoms with Crippen molar-refractivity contribution in [3.63, 3.8) is 0 Å². The van der Waals surface area contributed by atoms with Crippen molar-refractivity contribution in [3.05, 3.63) is 64.9 Å². The quantitative estimate of drug-likeness (QED) is 0.704. The highest BCUT2D eigenvalue weighted by molar-refractivity contribution is 5.81. The van der Waals surface area contributed by atoms with Gasteiger partial charge in [0.15, 0.2) is 0 Å². The Bertz CT molecular complexity index is 932. The van der Waals surface area contributed by atoms with E-state index in [1.54, 1.807) is 0 Å². The molecule has 152 valence electrons. The molecule has 2 heterocycles.